The van der Waals surface area contributed by atoms with Gasteiger partial charge in [0.05, 0.1) is 5.92 Å². The highest BCUT2D eigenvalue weighted by molar-refractivity contribution is 5.85. The van der Waals surface area contributed by atoms with Gasteiger partial charge in [-0.15, -0.1) is 24.8 Å². The summed E-state index contributed by atoms with van der Waals surface area (Å²) in [5.41, 5.74) is 6.00. The number of nitrogens with two attached hydrogens (primary N) is 1. The van der Waals surface area contributed by atoms with Crippen molar-refractivity contribution < 1.29 is 4.79 Å². The fraction of sp³-hybridized carbons (Fsp3) is 0.941. The van der Waals surface area contributed by atoms with Gasteiger partial charge in [0.2, 0.25) is 5.91 Å². The standard InChI is InChI=1S/C17H33N3O.2ClH/c1-3-10-20-11-7-14(8-12-20)13-19-16(21)15-6-4-5-9-17(15,2)18;;/h14-15H,3-13,18H2,1-2H3,(H,19,21);2*1H. The molecule has 0 bridgehead atoms. The van der Waals surface area contributed by atoms with Gasteiger partial charge in [0.15, 0.2) is 0 Å². The van der Waals surface area contributed by atoms with Crippen molar-refractivity contribution in [2.45, 2.75) is 64.3 Å². The molecule has 1 aliphatic carbocycles. The van der Waals surface area contributed by atoms with E-state index in [0.717, 1.165) is 32.2 Å². The summed E-state index contributed by atoms with van der Waals surface area (Å²) in [6.45, 7) is 8.71. The van der Waals surface area contributed by atoms with Crippen LogP contribution in [-0.4, -0.2) is 42.5 Å². The third-order valence-electron chi connectivity index (χ3n) is 5.38. The van der Waals surface area contributed by atoms with E-state index in [-0.39, 0.29) is 42.2 Å². The van der Waals surface area contributed by atoms with Gasteiger partial charge in [-0.3, -0.25) is 4.79 Å². The number of halogens is 2. The van der Waals surface area contributed by atoms with Crippen molar-refractivity contribution in [1.29, 1.82) is 0 Å². The summed E-state index contributed by atoms with van der Waals surface area (Å²) in [7, 11) is 0. The number of likely N-dealkylation sites (tertiary alicyclic amines) is 1. The van der Waals surface area contributed by atoms with E-state index in [1.54, 1.807) is 0 Å². The molecular formula is C17H35Cl2N3O. The second kappa shape index (κ2) is 10.8. The molecule has 2 atom stereocenters. The van der Waals surface area contributed by atoms with Crippen LogP contribution >= 0.6 is 24.8 Å². The zero-order valence-corrected chi connectivity index (χ0v) is 16.3. The van der Waals surface area contributed by atoms with Crippen molar-refractivity contribution in [1.82, 2.24) is 10.2 Å². The Kier molecular flexibility index (Phi) is 10.7. The van der Waals surface area contributed by atoms with E-state index in [2.05, 4.69) is 17.1 Å². The van der Waals surface area contributed by atoms with Crippen LogP contribution in [0.1, 0.15) is 58.8 Å². The molecule has 2 aliphatic rings. The van der Waals surface area contributed by atoms with E-state index in [4.69, 9.17) is 5.73 Å². The van der Waals surface area contributed by atoms with Crippen molar-refractivity contribution >= 4 is 30.7 Å². The van der Waals surface area contributed by atoms with Gasteiger partial charge in [0.25, 0.3) is 0 Å². The fourth-order valence-corrected chi connectivity index (χ4v) is 3.89. The van der Waals surface area contributed by atoms with E-state index in [1.165, 1.54) is 38.9 Å². The Bertz CT molecular complexity index is 345. The van der Waals surface area contributed by atoms with E-state index < -0.39 is 0 Å². The highest BCUT2D eigenvalue weighted by atomic mass is 35.5. The smallest absolute Gasteiger partial charge is 0.224 e. The average Bonchev–Trinajstić information content (AvgIpc) is 2.46. The minimum atomic E-state index is -0.313. The number of rotatable bonds is 5. The second-order valence-electron chi connectivity index (χ2n) is 7.33. The maximum atomic E-state index is 12.4. The molecule has 0 aromatic heterocycles. The van der Waals surface area contributed by atoms with Gasteiger partial charge < -0.3 is 16.0 Å². The molecule has 1 saturated heterocycles. The highest BCUT2D eigenvalue weighted by Crippen LogP contribution is 2.31. The third kappa shape index (κ3) is 6.77. The maximum Gasteiger partial charge on any atom is 0.224 e. The molecule has 2 fully saturated rings. The first kappa shape index (κ1) is 23.0. The summed E-state index contributed by atoms with van der Waals surface area (Å²) in [5, 5.41) is 3.19. The lowest BCUT2D eigenvalue weighted by molar-refractivity contribution is -0.128. The molecular weight excluding hydrogens is 333 g/mol. The predicted molar refractivity (Wildman–Crippen MR) is 102 cm³/mol. The first-order valence-corrected chi connectivity index (χ1v) is 8.82. The van der Waals surface area contributed by atoms with E-state index >= 15 is 0 Å². The molecule has 2 unspecified atom stereocenters. The minimum absolute atomic E-state index is 0. The summed E-state index contributed by atoms with van der Waals surface area (Å²) in [6.07, 6.45) is 7.88. The average molecular weight is 368 g/mol. The quantitative estimate of drug-likeness (QED) is 0.784. The van der Waals surface area contributed by atoms with Gasteiger partial charge in [-0.05, 0) is 64.6 Å². The molecule has 0 spiro atoms. The summed E-state index contributed by atoms with van der Waals surface area (Å²) in [6, 6.07) is 0. The van der Waals surface area contributed by atoms with Crippen LogP contribution in [-0.2, 0) is 4.79 Å². The number of nitrogens with zero attached hydrogens (tertiary/aromatic N) is 1. The van der Waals surface area contributed by atoms with Gasteiger partial charge in [0.1, 0.15) is 0 Å². The molecule has 4 nitrogen and oxygen atoms in total. The number of carbonyl (C=O) groups excluding carboxylic acids is 1. The van der Waals surface area contributed by atoms with Crippen molar-refractivity contribution in [2.75, 3.05) is 26.2 Å². The molecule has 1 aliphatic heterocycles. The van der Waals surface area contributed by atoms with Gasteiger partial charge in [-0.25, -0.2) is 0 Å². The van der Waals surface area contributed by atoms with E-state index in [1.807, 2.05) is 6.92 Å². The van der Waals surface area contributed by atoms with Crippen LogP contribution in [0, 0.1) is 11.8 Å². The number of carbonyl (C=O) groups is 1. The molecule has 23 heavy (non-hydrogen) atoms. The molecule has 2 rings (SSSR count). The normalized spacial score (nSPS) is 29.3. The van der Waals surface area contributed by atoms with Crippen LogP contribution in [0.15, 0.2) is 0 Å². The number of amides is 1. The van der Waals surface area contributed by atoms with Crippen LogP contribution in [0.25, 0.3) is 0 Å². The molecule has 0 aromatic carbocycles. The summed E-state index contributed by atoms with van der Waals surface area (Å²) in [5.74, 6) is 0.844. The van der Waals surface area contributed by atoms with Crippen molar-refractivity contribution in [3.8, 4) is 0 Å². The van der Waals surface area contributed by atoms with Gasteiger partial charge in [0, 0.05) is 12.1 Å². The number of piperidine rings is 1. The lowest BCUT2D eigenvalue weighted by atomic mass is 9.74. The minimum Gasteiger partial charge on any atom is -0.356 e. The Labute approximate surface area is 154 Å². The van der Waals surface area contributed by atoms with Gasteiger partial charge in [-0.1, -0.05) is 19.8 Å². The largest absolute Gasteiger partial charge is 0.356 e. The van der Waals surface area contributed by atoms with Gasteiger partial charge in [-0.2, -0.15) is 0 Å². The molecule has 3 N–H and O–H groups in total. The topological polar surface area (TPSA) is 58.4 Å². The summed E-state index contributed by atoms with van der Waals surface area (Å²) in [4.78, 5) is 15.0. The first-order chi connectivity index (χ1) is 10.0. The first-order valence-electron chi connectivity index (χ1n) is 8.82. The lowest BCUT2D eigenvalue weighted by Gasteiger charge is -2.38. The summed E-state index contributed by atoms with van der Waals surface area (Å²) < 4.78 is 0. The Morgan fingerprint density at radius 1 is 1.22 bits per heavy atom. The second-order valence-corrected chi connectivity index (χ2v) is 7.33. The Morgan fingerprint density at radius 2 is 1.87 bits per heavy atom. The molecule has 6 heteroatoms. The SMILES string of the molecule is CCCN1CCC(CNC(=O)C2CCCCC2(C)N)CC1.Cl.Cl. The fourth-order valence-electron chi connectivity index (χ4n) is 3.89. The van der Waals surface area contributed by atoms with Crippen molar-refractivity contribution in [3.63, 3.8) is 0 Å². The van der Waals surface area contributed by atoms with Crippen LogP contribution in [0.2, 0.25) is 0 Å². The Balaban J connectivity index is 0.00000242. The molecule has 1 heterocycles. The molecule has 0 aromatic rings. The molecule has 1 amide bonds. The van der Waals surface area contributed by atoms with Crippen LogP contribution in [0.4, 0.5) is 0 Å². The van der Waals surface area contributed by atoms with Crippen LogP contribution in [0.3, 0.4) is 0 Å². The summed E-state index contributed by atoms with van der Waals surface area (Å²) >= 11 is 0. The molecule has 1 saturated carbocycles. The number of nitrogens with one attached hydrogen (secondary N) is 1. The predicted octanol–water partition coefficient (Wildman–Crippen LogP) is 2.98. The zero-order valence-electron chi connectivity index (χ0n) is 14.7. The Hall–Kier alpha value is -0.0300. The van der Waals surface area contributed by atoms with Gasteiger partial charge >= 0.3 is 0 Å². The zero-order chi connectivity index (χ0) is 15.3. The third-order valence-corrected chi connectivity index (χ3v) is 5.38. The highest BCUT2D eigenvalue weighted by Gasteiger charge is 2.37. The Morgan fingerprint density at radius 3 is 2.43 bits per heavy atom. The van der Waals surface area contributed by atoms with E-state index in [0.29, 0.717) is 5.92 Å². The van der Waals surface area contributed by atoms with Crippen molar-refractivity contribution in [2.24, 2.45) is 17.6 Å². The van der Waals surface area contributed by atoms with Crippen LogP contribution < -0.4 is 11.1 Å². The lowest BCUT2D eigenvalue weighted by Crippen LogP contribution is -2.53. The molecule has 138 valence electrons. The number of hydrogen-bond donors (Lipinski definition) is 2. The van der Waals surface area contributed by atoms with Crippen LogP contribution in [0.5, 0.6) is 0 Å². The van der Waals surface area contributed by atoms with Crippen molar-refractivity contribution in [3.05, 3.63) is 0 Å². The molecule has 0 radical (unpaired) electrons. The number of hydrogen-bond acceptors (Lipinski definition) is 3. The monoisotopic (exact) mass is 367 g/mol. The van der Waals surface area contributed by atoms with E-state index in [9.17, 15) is 4.79 Å². The maximum absolute atomic E-state index is 12.4.